The lowest BCUT2D eigenvalue weighted by atomic mass is 10.0. The van der Waals surface area contributed by atoms with Crippen LogP contribution in [0.1, 0.15) is 23.0 Å². The third-order valence-corrected chi connectivity index (χ3v) is 2.79. The summed E-state index contributed by atoms with van der Waals surface area (Å²) in [5, 5.41) is 2.94. The number of nitrogens with one attached hydrogen (secondary N) is 1. The molecule has 0 saturated heterocycles. The molecule has 0 unspecified atom stereocenters. The number of Topliss-reactive ketones (excluding diaryl/α,β-unsaturated/α-hetero) is 1. The summed E-state index contributed by atoms with van der Waals surface area (Å²) in [6.07, 6.45) is 0. The number of rotatable bonds is 2. The van der Waals surface area contributed by atoms with Crippen molar-refractivity contribution in [3.63, 3.8) is 0 Å². The first-order valence-corrected chi connectivity index (χ1v) is 5.37. The standard InChI is InChI=1S/C13H14N2O2/c1-8-12(13(17)15(3)14-8)11-6-4-5-10(7-11)9(2)16/h4-7,14H,1-3H3. The van der Waals surface area contributed by atoms with Gasteiger partial charge in [0.2, 0.25) is 0 Å². The van der Waals surface area contributed by atoms with Gasteiger partial charge in [0, 0.05) is 18.3 Å². The lowest BCUT2D eigenvalue weighted by Gasteiger charge is -2.00. The van der Waals surface area contributed by atoms with E-state index < -0.39 is 0 Å². The molecule has 88 valence electrons. The van der Waals surface area contributed by atoms with E-state index in [-0.39, 0.29) is 11.3 Å². The first-order valence-electron chi connectivity index (χ1n) is 5.37. The van der Waals surface area contributed by atoms with Crippen molar-refractivity contribution in [2.75, 3.05) is 0 Å². The maximum atomic E-state index is 11.9. The van der Waals surface area contributed by atoms with Crippen LogP contribution >= 0.6 is 0 Å². The van der Waals surface area contributed by atoms with Crippen LogP contribution in [0, 0.1) is 6.92 Å². The molecule has 0 amide bonds. The average molecular weight is 230 g/mol. The van der Waals surface area contributed by atoms with Crippen LogP contribution < -0.4 is 5.56 Å². The molecule has 2 rings (SSSR count). The van der Waals surface area contributed by atoms with Crippen molar-refractivity contribution in [2.24, 2.45) is 7.05 Å². The van der Waals surface area contributed by atoms with Crippen molar-refractivity contribution < 1.29 is 4.79 Å². The lowest BCUT2D eigenvalue weighted by molar-refractivity contribution is 0.101. The Bertz CT molecular complexity index is 635. The zero-order valence-corrected chi connectivity index (χ0v) is 10.1. The van der Waals surface area contributed by atoms with Gasteiger partial charge in [0.1, 0.15) is 0 Å². The average Bonchev–Trinajstić information content (AvgIpc) is 2.53. The number of hydrogen-bond donors (Lipinski definition) is 1. The van der Waals surface area contributed by atoms with Gasteiger partial charge in [-0.05, 0) is 25.5 Å². The van der Waals surface area contributed by atoms with Gasteiger partial charge in [-0.1, -0.05) is 18.2 Å². The van der Waals surface area contributed by atoms with E-state index in [9.17, 15) is 9.59 Å². The summed E-state index contributed by atoms with van der Waals surface area (Å²) in [5.41, 5.74) is 2.74. The fourth-order valence-corrected chi connectivity index (χ4v) is 1.92. The van der Waals surface area contributed by atoms with Crippen molar-refractivity contribution >= 4 is 5.78 Å². The van der Waals surface area contributed by atoms with Crippen molar-refractivity contribution in [1.29, 1.82) is 0 Å². The summed E-state index contributed by atoms with van der Waals surface area (Å²) >= 11 is 0. The lowest BCUT2D eigenvalue weighted by Crippen LogP contribution is -2.13. The molecule has 4 heteroatoms. The van der Waals surface area contributed by atoms with Crippen LogP contribution in [0.25, 0.3) is 11.1 Å². The normalized spacial score (nSPS) is 10.5. The van der Waals surface area contributed by atoms with Crippen LogP contribution in [-0.2, 0) is 7.05 Å². The molecule has 1 N–H and O–H groups in total. The molecule has 0 atom stereocenters. The number of carbonyl (C=O) groups excluding carboxylic acids is 1. The van der Waals surface area contributed by atoms with Gasteiger partial charge in [-0.25, -0.2) is 0 Å². The Morgan fingerprint density at radius 2 is 2.06 bits per heavy atom. The molecular weight excluding hydrogens is 216 g/mol. The smallest absolute Gasteiger partial charge is 0.274 e. The van der Waals surface area contributed by atoms with Crippen molar-refractivity contribution in [3.8, 4) is 11.1 Å². The van der Waals surface area contributed by atoms with E-state index in [1.165, 1.54) is 11.6 Å². The number of hydrogen-bond acceptors (Lipinski definition) is 2. The number of carbonyl (C=O) groups is 1. The first-order chi connectivity index (χ1) is 8.00. The van der Waals surface area contributed by atoms with Gasteiger partial charge >= 0.3 is 0 Å². The Kier molecular flexibility index (Phi) is 2.71. The number of ketones is 1. The van der Waals surface area contributed by atoms with Crippen LogP contribution in [0.4, 0.5) is 0 Å². The zero-order valence-electron chi connectivity index (χ0n) is 10.1. The zero-order chi connectivity index (χ0) is 12.6. The van der Waals surface area contributed by atoms with Crippen LogP contribution in [0.5, 0.6) is 0 Å². The van der Waals surface area contributed by atoms with Crippen molar-refractivity contribution in [3.05, 3.63) is 45.9 Å². The molecule has 0 saturated carbocycles. The Morgan fingerprint density at radius 1 is 1.35 bits per heavy atom. The highest BCUT2D eigenvalue weighted by Crippen LogP contribution is 2.19. The Labute approximate surface area is 98.9 Å². The van der Waals surface area contributed by atoms with Gasteiger partial charge in [-0.15, -0.1) is 0 Å². The van der Waals surface area contributed by atoms with E-state index in [0.29, 0.717) is 11.1 Å². The van der Waals surface area contributed by atoms with Crippen LogP contribution in [0.2, 0.25) is 0 Å². The van der Waals surface area contributed by atoms with E-state index in [2.05, 4.69) is 5.10 Å². The molecule has 0 radical (unpaired) electrons. The summed E-state index contributed by atoms with van der Waals surface area (Å²) in [7, 11) is 1.67. The maximum absolute atomic E-state index is 11.9. The molecule has 0 fully saturated rings. The van der Waals surface area contributed by atoms with Gasteiger partial charge in [0.05, 0.1) is 5.56 Å². The van der Waals surface area contributed by atoms with Crippen LogP contribution in [-0.4, -0.2) is 15.6 Å². The predicted octanol–water partition coefficient (Wildman–Crippen LogP) is 1.89. The minimum absolute atomic E-state index is 0.00290. The molecule has 0 aliphatic heterocycles. The highest BCUT2D eigenvalue weighted by Gasteiger charge is 2.12. The second kappa shape index (κ2) is 4.05. The molecule has 0 bridgehead atoms. The summed E-state index contributed by atoms with van der Waals surface area (Å²) < 4.78 is 1.44. The van der Waals surface area contributed by atoms with Gasteiger partial charge in [0.25, 0.3) is 5.56 Å². The second-order valence-corrected chi connectivity index (χ2v) is 4.11. The number of H-pyrrole nitrogens is 1. The maximum Gasteiger partial charge on any atom is 0.274 e. The third kappa shape index (κ3) is 1.93. The highest BCUT2D eigenvalue weighted by molar-refractivity contribution is 5.95. The minimum Gasteiger partial charge on any atom is -0.300 e. The second-order valence-electron chi connectivity index (χ2n) is 4.11. The topological polar surface area (TPSA) is 54.9 Å². The predicted molar refractivity (Wildman–Crippen MR) is 66.2 cm³/mol. The molecule has 1 heterocycles. The molecule has 0 aliphatic rings. The number of nitrogens with zero attached hydrogens (tertiary/aromatic N) is 1. The van der Waals surface area contributed by atoms with E-state index >= 15 is 0 Å². The van der Waals surface area contributed by atoms with Crippen molar-refractivity contribution in [2.45, 2.75) is 13.8 Å². The van der Waals surface area contributed by atoms with Crippen LogP contribution in [0.3, 0.4) is 0 Å². The first kappa shape index (κ1) is 11.4. The van der Waals surface area contributed by atoms with E-state index in [0.717, 1.165) is 11.3 Å². The SMILES string of the molecule is CC(=O)c1cccc(-c2c(C)[nH]n(C)c2=O)c1. The van der Waals surface area contributed by atoms with Crippen LogP contribution in [0.15, 0.2) is 29.1 Å². The van der Waals surface area contributed by atoms with E-state index in [4.69, 9.17) is 0 Å². The number of aryl methyl sites for hydroxylation is 2. The van der Waals surface area contributed by atoms with Crippen molar-refractivity contribution in [1.82, 2.24) is 9.78 Å². The third-order valence-electron chi connectivity index (χ3n) is 2.79. The molecule has 0 spiro atoms. The molecule has 0 aliphatic carbocycles. The molecule has 1 aromatic heterocycles. The van der Waals surface area contributed by atoms with E-state index in [1.807, 2.05) is 13.0 Å². The van der Waals surface area contributed by atoms with Gasteiger partial charge in [-0.2, -0.15) is 0 Å². The fraction of sp³-hybridized carbons (Fsp3) is 0.231. The number of benzene rings is 1. The quantitative estimate of drug-likeness (QED) is 0.801. The molecular formula is C13H14N2O2. The molecule has 17 heavy (non-hydrogen) atoms. The minimum atomic E-state index is -0.0804. The number of aromatic nitrogens is 2. The fourth-order valence-electron chi connectivity index (χ4n) is 1.92. The largest absolute Gasteiger partial charge is 0.300 e. The monoisotopic (exact) mass is 230 g/mol. The Hall–Kier alpha value is -2.10. The molecule has 2 aromatic rings. The number of aromatic amines is 1. The highest BCUT2D eigenvalue weighted by atomic mass is 16.1. The Balaban J connectivity index is 2.65. The summed E-state index contributed by atoms with van der Waals surface area (Å²) in [6.45, 7) is 3.36. The van der Waals surface area contributed by atoms with Gasteiger partial charge in [0.15, 0.2) is 5.78 Å². The summed E-state index contributed by atoms with van der Waals surface area (Å²) in [5.74, 6) is -0.00290. The molecule has 1 aromatic carbocycles. The summed E-state index contributed by atoms with van der Waals surface area (Å²) in [6, 6.07) is 7.13. The summed E-state index contributed by atoms with van der Waals surface area (Å²) in [4.78, 5) is 23.2. The van der Waals surface area contributed by atoms with Gasteiger partial charge < -0.3 is 0 Å². The van der Waals surface area contributed by atoms with E-state index in [1.54, 1.807) is 25.2 Å². The molecule has 4 nitrogen and oxygen atoms in total. The Morgan fingerprint density at radius 3 is 2.59 bits per heavy atom. The van der Waals surface area contributed by atoms with Gasteiger partial charge in [-0.3, -0.25) is 19.4 Å².